The van der Waals surface area contributed by atoms with Crippen LogP contribution in [0.5, 0.6) is 5.75 Å². The van der Waals surface area contributed by atoms with Crippen LogP contribution in [-0.2, 0) is 4.79 Å². The van der Waals surface area contributed by atoms with Crippen molar-refractivity contribution in [3.8, 4) is 11.4 Å². The molecule has 0 radical (unpaired) electrons. The van der Waals surface area contributed by atoms with Crippen molar-refractivity contribution in [1.82, 2.24) is 15.1 Å². The van der Waals surface area contributed by atoms with E-state index in [2.05, 4.69) is 10.4 Å². The highest BCUT2D eigenvalue weighted by Crippen LogP contribution is 2.45. The summed E-state index contributed by atoms with van der Waals surface area (Å²) >= 11 is 0. The summed E-state index contributed by atoms with van der Waals surface area (Å²) < 4.78 is 6.90. The second kappa shape index (κ2) is 5.99. The summed E-state index contributed by atoms with van der Waals surface area (Å²) in [6.45, 7) is 2.09. The Morgan fingerprint density at radius 3 is 2.75 bits per heavy atom. The Morgan fingerprint density at radius 1 is 1.38 bits per heavy atom. The SMILES string of the molecule is COc1ccc(C)cc1-n1ccc(C(=O)NCC2(C(=O)O)CC2)n1. The Kier molecular flexibility index (Phi) is 4.01. The number of aryl methyl sites for hydroxylation is 1. The zero-order valence-electron chi connectivity index (χ0n) is 13.6. The average molecular weight is 329 g/mol. The number of aromatic nitrogens is 2. The molecule has 3 rings (SSSR count). The number of nitrogens with one attached hydrogen (secondary N) is 1. The van der Waals surface area contributed by atoms with E-state index in [1.165, 1.54) is 0 Å². The number of nitrogens with zero attached hydrogens (tertiary/aromatic N) is 2. The zero-order chi connectivity index (χ0) is 17.3. The van der Waals surface area contributed by atoms with Gasteiger partial charge in [-0.2, -0.15) is 5.10 Å². The fourth-order valence-electron chi connectivity index (χ4n) is 2.52. The lowest BCUT2D eigenvalue weighted by atomic mass is 10.1. The summed E-state index contributed by atoms with van der Waals surface area (Å²) in [5.74, 6) is -0.593. The molecule has 126 valence electrons. The van der Waals surface area contributed by atoms with Gasteiger partial charge in [0.05, 0.1) is 12.5 Å². The van der Waals surface area contributed by atoms with E-state index in [4.69, 9.17) is 9.84 Å². The number of benzene rings is 1. The Balaban J connectivity index is 1.75. The first-order valence-corrected chi connectivity index (χ1v) is 7.67. The number of hydrogen-bond donors (Lipinski definition) is 2. The number of amides is 1. The lowest BCUT2D eigenvalue weighted by molar-refractivity contribution is -0.143. The molecule has 0 aliphatic heterocycles. The molecule has 2 aromatic rings. The molecule has 7 heteroatoms. The molecule has 1 aromatic carbocycles. The molecule has 7 nitrogen and oxygen atoms in total. The second-order valence-electron chi connectivity index (χ2n) is 6.09. The third-order valence-electron chi connectivity index (χ3n) is 4.30. The Morgan fingerprint density at radius 2 is 2.12 bits per heavy atom. The van der Waals surface area contributed by atoms with Crippen molar-refractivity contribution in [2.45, 2.75) is 19.8 Å². The topological polar surface area (TPSA) is 93.5 Å². The number of carboxylic acid groups (broad SMARTS) is 1. The van der Waals surface area contributed by atoms with Crippen molar-refractivity contribution >= 4 is 11.9 Å². The van der Waals surface area contributed by atoms with Gasteiger partial charge >= 0.3 is 5.97 Å². The van der Waals surface area contributed by atoms with Gasteiger partial charge in [0.1, 0.15) is 11.4 Å². The standard InChI is InChI=1S/C17H19N3O4/c1-11-3-4-14(24-2)13(9-11)20-8-5-12(19-20)15(21)18-10-17(6-7-17)16(22)23/h3-5,8-9H,6-7,10H2,1-2H3,(H,18,21)(H,22,23). The first kappa shape index (κ1) is 16.0. The predicted octanol–water partition coefficient (Wildman–Crippen LogP) is 1.78. The van der Waals surface area contributed by atoms with E-state index in [1.54, 1.807) is 24.1 Å². The van der Waals surface area contributed by atoms with E-state index in [0.717, 1.165) is 11.3 Å². The van der Waals surface area contributed by atoms with Gasteiger partial charge < -0.3 is 15.2 Å². The maximum atomic E-state index is 12.2. The van der Waals surface area contributed by atoms with Crippen molar-refractivity contribution in [3.63, 3.8) is 0 Å². The number of ether oxygens (including phenoxy) is 1. The summed E-state index contributed by atoms with van der Waals surface area (Å²) in [5.41, 5.74) is 1.22. The van der Waals surface area contributed by atoms with Crippen LogP contribution >= 0.6 is 0 Å². The van der Waals surface area contributed by atoms with Gasteiger partial charge in [-0.15, -0.1) is 0 Å². The fourth-order valence-corrected chi connectivity index (χ4v) is 2.52. The van der Waals surface area contributed by atoms with Gasteiger partial charge in [-0.1, -0.05) is 6.07 Å². The van der Waals surface area contributed by atoms with E-state index in [1.807, 2.05) is 25.1 Å². The molecule has 2 N–H and O–H groups in total. The fraction of sp³-hybridized carbons (Fsp3) is 0.353. The van der Waals surface area contributed by atoms with E-state index in [-0.39, 0.29) is 18.1 Å². The zero-order valence-corrected chi connectivity index (χ0v) is 13.6. The van der Waals surface area contributed by atoms with Crippen LogP contribution in [0.25, 0.3) is 5.69 Å². The summed E-state index contributed by atoms with van der Waals surface area (Å²) in [5, 5.41) is 16.1. The molecule has 1 aromatic heterocycles. The first-order chi connectivity index (χ1) is 11.4. The lowest BCUT2D eigenvalue weighted by Crippen LogP contribution is -2.34. The van der Waals surface area contributed by atoms with E-state index < -0.39 is 11.4 Å². The maximum Gasteiger partial charge on any atom is 0.311 e. The van der Waals surface area contributed by atoms with Gasteiger partial charge in [-0.25, -0.2) is 4.68 Å². The van der Waals surface area contributed by atoms with E-state index >= 15 is 0 Å². The van der Waals surface area contributed by atoms with E-state index in [0.29, 0.717) is 18.6 Å². The molecule has 1 fully saturated rings. The van der Waals surface area contributed by atoms with Crippen molar-refractivity contribution in [2.75, 3.05) is 13.7 Å². The third kappa shape index (κ3) is 2.97. The third-order valence-corrected chi connectivity index (χ3v) is 4.30. The minimum absolute atomic E-state index is 0.127. The maximum absolute atomic E-state index is 12.2. The molecule has 1 heterocycles. The monoisotopic (exact) mass is 329 g/mol. The summed E-state index contributed by atoms with van der Waals surface area (Å²) in [6, 6.07) is 7.28. The van der Waals surface area contributed by atoms with Gasteiger partial charge in [-0.05, 0) is 43.5 Å². The van der Waals surface area contributed by atoms with Crippen molar-refractivity contribution in [2.24, 2.45) is 5.41 Å². The predicted molar refractivity (Wildman–Crippen MR) is 86.5 cm³/mol. The Hall–Kier alpha value is -2.83. The minimum Gasteiger partial charge on any atom is -0.494 e. The molecule has 0 unspecified atom stereocenters. The molecular formula is C17H19N3O4. The largest absolute Gasteiger partial charge is 0.494 e. The number of rotatable bonds is 6. The summed E-state index contributed by atoms with van der Waals surface area (Å²) in [6.07, 6.45) is 2.87. The van der Waals surface area contributed by atoms with Crippen LogP contribution in [0.2, 0.25) is 0 Å². The van der Waals surface area contributed by atoms with Crippen LogP contribution < -0.4 is 10.1 Å². The number of aliphatic carboxylic acids is 1. The van der Waals surface area contributed by atoms with Gasteiger partial charge in [0, 0.05) is 12.7 Å². The molecule has 24 heavy (non-hydrogen) atoms. The lowest BCUT2D eigenvalue weighted by Gasteiger charge is -2.10. The summed E-state index contributed by atoms with van der Waals surface area (Å²) in [4.78, 5) is 23.3. The highest BCUT2D eigenvalue weighted by Gasteiger charge is 2.50. The Bertz CT molecular complexity index is 793. The van der Waals surface area contributed by atoms with Crippen LogP contribution in [0.1, 0.15) is 28.9 Å². The molecule has 0 spiro atoms. The molecule has 0 atom stereocenters. The number of methoxy groups -OCH3 is 1. The van der Waals surface area contributed by atoms with Crippen molar-refractivity contribution in [1.29, 1.82) is 0 Å². The van der Waals surface area contributed by atoms with Crippen LogP contribution in [0.4, 0.5) is 0 Å². The smallest absolute Gasteiger partial charge is 0.311 e. The summed E-state index contributed by atoms with van der Waals surface area (Å²) in [7, 11) is 1.58. The normalized spacial score (nSPS) is 14.9. The van der Waals surface area contributed by atoms with Crippen LogP contribution in [0.15, 0.2) is 30.5 Å². The minimum atomic E-state index is -0.863. The van der Waals surface area contributed by atoms with Crippen molar-refractivity contribution < 1.29 is 19.4 Å². The number of carboxylic acids is 1. The van der Waals surface area contributed by atoms with Crippen molar-refractivity contribution in [3.05, 3.63) is 41.7 Å². The molecular weight excluding hydrogens is 310 g/mol. The quantitative estimate of drug-likeness (QED) is 0.842. The second-order valence-corrected chi connectivity index (χ2v) is 6.09. The number of hydrogen-bond acceptors (Lipinski definition) is 4. The first-order valence-electron chi connectivity index (χ1n) is 7.67. The molecule has 1 amide bonds. The molecule has 0 saturated heterocycles. The van der Waals surface area contributed by atoms with Crippen LogP contribution in [0.3, 0.4) is 0 Å². The van der Waals surface area contributed by atoms with E-state index in [9.17, 15) is 9.59 Å². The highest BCUT2D eigenvalue weighted by atomic mass is 16.5. The molecule has 1 saturated carbocycles. The van der Waals surface area contributed by atoms with Gasteiger partial charge in [-0.3, -0.25) is 9.59 Å². The molecule has 1 aliphatic carbocycles. The average Bonchev–Trinajstić information content (AvgIpc) is 3.21. The van der Waals surface area contributed by atoms with Gasteiger partial charge in [0.15, 0.2) is 5.69 Å². The number of carbonyl (C=O) groups excluding carboxylic acids is 1. The highest BCUT2D eigenvalue weighted by molar-refractivity contribution is 5.92. The van der Waals surface area contributed by atoms with Gasteiger partial charge in [0.2, 0.25) is 0 Å². The number of carbonyl (C=O) groups is 2. The van der Waals surface area contributed by atoms with Crippen LogP contribution in [0, 0.1) is 12.3 Å². The molecule has 1 aliphatic rings. The molecule has 0 bridgehead atoms. The van der Waals surface area contributed by atoms with Gasteiger partial charge in [0.25, 0.3) is 5.91 Å². The Labute approximate surface area is 139 Å². The van der Waals surface area contributed by atoms with Crippen LogP contribution in [-0.4, -0.2) is 40.4 Å².